The van der Waals surface area contributed by atoms with E-state index >= 15 is 0 Å². The number of halogens is 1. The molecular weight excluding hydrogens is 253 g/mol. The Hall–Kier alpha value is -0.930. The molecular formula is C17H26FNO. The van der Waals surface area contributed by atoms with E-state index in [1.165, 1.54) is 25.0 Å². The van der Waals surface area contributed by atoms with E-state index in [0.29, 0.717) is 5.41 Å². The smallest absolute Gasteiger partial charge is 0.123 e. The lowest BCUT2D eigenvalue weighted by Crippen LogP contribution is -2.33. The average Bonchev–Trinajstić information content (AvgIpc) is 2.37. The highest BCUT2D eigenvalue weighted by Gasteiger charge is 2.30. The molecule has 0 radical (unpaired) electrons. The molecule has 0 amide bonds. The average molecular weight is 279 g/mol. The van der Waals surface area contributed by atoms with Crippen LogP contribution in [-0.2, 0) is 4.74 Å². The third-order valence-electron chi connectivity index (χ3n) is 4.28. The molecule has 1 aliphatic carbocycles. The van der Waals surface area contributed by atoms with Crippen LogP contribution in [0.5, 0.6) is 0 Å². The Bertz CT molecular complexity index is 434. The van der Waals surface area contributed by atoms with E-state index in [-0.39, 0.29) is 24.1 Å². The Morgan fingerprint density at radius 1 is 1.30 bits per heavy atom. The normalized spacial score (nSPS) is 22.4. The summed E-state index contributed by atoms with van der Waals surface area (Å²) in [4.78, 5) is 0. The second kappa shape index (κ2) is 6.23. The van der Waals surface area contributed by atoms with E-state index < -0.39 is 0 Å². The van der Waals surface area contributed by atoms with Crippen LogP contribution in [0.4, 0.5) is 4.39 Å². The van der Waals surface area contributed by atoms with Crippen LogP contribution in [0, 0.1) is 11.2 Å². The summed E-state index contributed by atoms with van der Waals surface area (Å²) in [5.74, 6) is -0.235. The van der Waals surface area contributed by atoms with Gasteiger partial charge in [0.05, 0.1) is 12.2 Å². The van der Waals surface area contributed by atoms with Gasteiger partial charge in [0.2, 0.25) is 0 Å². The third-order valence-corrected chi connectivity index (χ3v) is 4.28. The van der Waals surface area contributed by atoms with Crippen molar-refractivity contribution in [3.63, 3.8) is 0 Å². The first-order chi connectivity index (χ1) is 9.37. The third kappa shape index (κ3) is 4.03. The van der Waals surface area contributed by atoms with Crippen molar-refractivity contribution in [1.82, 2.24) is 0 Å². The lowest BCUT2D eigenvalue weighted by molar-refractivity contribution is -0.0549. The van der Waals surface area contributed by atoms with Gasteiger partial charge in [-0.2, -0.15) is 0 Å². The largest absolute Gasteiger partial charge is 0.369 e. The van der Waals surface area contributed by atoms with Gasteiger partial charge in [0.15, 0.2) is 0 Å². The second-order valence-corrected chi connectivity index (χ2v) is 6.83. The molecule has 1 aromatic carbocycles. The van der Waals surface area contributed by atoms with Crippen molar-refractivity contribution < 1.29 is 9.13 Å². The summed E-state index contributed by atoms with van der Waals surface area (Å²) in [6.45, 7) is 6.53. The van der Waals surface area contributed by atoms with Crippen molar-refractivity contribution in [3.8, 4) is 0 Å². The van der Waals surface area contributed by atoms with Crippen LogP contribution in [0.25, 0.3) is 0 Å². The molecule has 0 aliphatic heterocycles. The molecule has 0 heterocycles. The fourth-order valence-electron chi connectivity index (χ4n) is 2.91. The van der Waals surface area contributed by atoms with Gasteiger partial charge in [-0.3, -0.25) is 0 Å². The van der Waals surface area contributed by atoms with Gasteiger partial charge in [-0.25, -0.2) is 4.39 Å². The van der Waals surface area contributed by atoms with Crippen LogP contribution < -0.4 is 5.73 Å². The van der Waals surface area contributed by atoms with Gasteiger partial charge < -0.3 is 10.5 Å². The van der Waals surface area contributed by atoms with E-state index in [9.17, 15) is 4.39 Å². The van der Waals surface area contributed by atoms with E-state index in [2.05, 4.69) is 13.8 Å². The second-order valence-electron chi connectivity index (χ2n) is 6.83. The Kier molecular flexibility index (Phi) is 4.82. The fourth-order valence-corrected chi connectivity index (χ4v) is 2.91. The number of benzene rings is 1. The van der Waals surface area contributed by atoms with Gasteiger partial charge in [-0.1, -0.05) is 26.0 Å². The van der Waals surface area contributed by atoms with Crippen molar-refractivity contribution in [3.05, 3.63) is 35.6 Å². The standard InChI is InChI=1S/C17H26FNO/c1-12(19)16(13-5-4-6-14(18)11-13)20-15-7-9-17(2,3)10-8-15/h4-6,11-12,15-16H,7-10,19H2,1-3H3. The molecule has 0 aromatic heterocycles. The quantitative estimate of drug-likeness (QED) is 0.896. The predicted octanol–water partition coefficient (Wildman–Crippen LogP) is 4.20. The molecule has 1 saturated carbocycles. The maximum absolute atomic E-state index is 13.4. The molecule has 2 atom stereocenters. The molecule has 0 saturated heterocycles. The summed E-state index contributed by atoms with van der Waals surface area (Å²) >= 11 is 0. The topological polar surface area (TPSA) is 35.2 Å². The zero-order valence-corrected chi connectivity index (χ0v) is 12.7. The van der Waals surface area contributed by atoms with Gasteiger partial charge in [0.1, 0.15) is 5.82 Å². The highest BCUT2D eigenvalue weighted by Crippen LogP contribution is 2.38. The summed E-state index contributed by atoms with van der Waals surface area (Å²) in [7, 11) is 0. The molecule has 1 fully saturated rings. The van der Waals surface area contributed by atoms with Gasteiger partial charge in [-0.05, 0) is 55.7 Å². The Balaban J connectivity index is 2.04. The molecule has 0 spiro atoms. The van der Waals surface area contributed by atoms with Crippen molar-refractivity contribution >= 4 is 0 Å². The van der Waals surface area contributed by atoms with Crippen molar-refractivity contribution in [2.24, 2.45) is 11.1 Å². The highest BCUT2D eigenvalue weighted by molar-refractivity contribution is 5.20. The lowest BCUT2D eigenvalue weighted by Gasteiger charge is -2.36. The molecule has 20 heavy (non-hydrogen) atoms. The van der Waals surface area contributed by atoms with Gasteiger partial charge >= 0.3 is 0 Å². The maximum atomic E-state index is 13.4. The summed E-state index contributed by atoms with van der Waals surface area (Å²) in [5.41, 5.74) is 7.30. The van der Waals surface area contributed by atoms with Crippen molar-refractivity contribution in [1.29, 1.82) is 0 Å². The molecule has 1 aliphatic rings. The Morgan fingerprint density at radius 2 is 1.95 bits per heavy atom. The minimum absolute atomic E-state index is 0.147. The summed E-state index contributed by atoms with van der Waals surface area (Å²) in [6, 6.07) is 6.44. The van der Waals surface area contributed by atoms with E-state index in [0.717, 1.165) is 18.4 Å². The van der Waals surface area contributed by atoms with Crippen LogP contribution in [0.3, 0.4) is 0 Å². The number of hydrogen-bond donors (Lipinski definition) is 1. The van der Waals surface area contributed by atoms with Crippen LogP contribution >= 0.6 is 0 Å². The highest BCUT2D eigenvalue weighted by atomic mass is 19.1. The zero-order chi connectivity index (χ0) is 14.8. The van der Waals surface area contributed by atoms with Crippen LogP contribution in [0.2, 0.25) is 0 Å². The SMILES string of the molecule is CC(N)C(OC1CCC(C)(C)CC1)c1cccc(F)c1. The van der Waals surface area contributed by atoms with Gasteiger partial charge in [0.25, 0.3) is 0 Å². The summed E-state index contributed by atoms with van der Waals surface area (Å²) in [6.07, 6.45) is 4.48. The first kappa shape index (κ1) is 15.5. The molecule has 2 unspecified atom stereocenters. The van der Waals surface area contributed by atoms with Crippen LogP contribution in [0.1, 0.15) is 58.1 Å². The molecule has 2 N–H and O–H groups in total. The van der Waals surface area contributed by atoms with Crippen molar-refractivity contribution in [2.75, 3.05) is 0 Å². The molecule has 1 aromatic rings. The zero-order valence-electron chi connectivity index (χ0n) is 12.7. The Morgan fingerprint density at radius 3 is 2.50 bits per heavy atom. The number of nitrogens with two attached hydrogens (primary N) is 1. The molecule has 2 nitrogen and oxygen atoms in total. The van der Waals surface area contributed by atoms with E-state index in [1.807, 2.05) is 13.0 Å². The molecule has 3 heteroatoms. The maximum Gasteiger partial charge on any atom is 0.123 e. The first-order valence-corrected chi connectivity index (χ1v) is 7.54. The van der Waals surface area contributed by atoms with Crippen LogP contribution in [0.15, 0.2) is 24.3 Å². The van der Waals surface area contributed by atoms with Crippen LogP contribution in [-0.4, -0.2) is 12.1 Å². The minimum Gasteiger partial charge on any atom is -0.369 e. The lowest BCUT2D eigenvalue weighted by atomic mass is 9.76. The molecule has 0 bridgehead atoms. The number of rotatable bonds is 4. The van der Waals surface area contributed by atoms with Gasteiger partial charge in [0, 0.05) is 6.04 Å². The van der Waals surface area contributed by atoms with Crippen molar-refractivity contribution in [2.45, 2.75) is 64.7 Å². The van der Waals surface area contributed by atoms with Gasteiger partial charge in [-0.15, -0.1) is 0 Å². The van der Waals surface area contributed by atoms with E-state index in [1.54, 1.807) is 6.07 Å². The molecule has 112 valence electrons. The minimum atomic E-state index is -0.235. The number of hydrogen-bond acceptors (Lipinski definition) is 2. The molecule has 2 rings (SSSR count). The Labute approximate surface area is 121 Å². The predicted molar refractivity (Wildman–Crippen MR) is 79.9 cm³/mol. The first-order valence-electron chi connectivity index (χ1n) is 7.54. The van der Waals surface area contributed by atoms with E-state index in [4.69, 9.17) is 10.5 Å². The number of ether oxygens (including phenoxy) is 1. The monoisotopic (exact) mass is 279 g/mol. The fraction of sp³-hybridized carbons (Fsp3) is 0.647. The summed E-state index contributed by atoms with van der Waals surface area (Å²) in [5, 5.41) is 0. The summed E-state index contributed by atoms with van der Waals surface area (Å²) < 4.78 is 19.6.